The van der Waals surface area contributed by atoms with Crippen LogP contribution in [-0.2, 0) is 20.7 Å². The number of hydrogen-bond donors (Lipinski definition) is 1. The highest BCUT2D eigenvalue weighted by atomic mass is 19.1. The predicted octanol–water partition coefficient (Wildman–Crippen LogP) is 6.84. The molecular formula is C37H45F4N3O4. The summed E-state index contributed by atoms with van der Waals surface area (Å²) in [5.41, 5.74) is 2.26. The second-order valence-corrected chi connectivity index (χ2v) is 13.2. The van der Waals surface area contributed by atoms with Crippen molar-refractivity contribution in [2.24, 2.45) is 5.92 Å². The van der Waals surface area contributed by atoms with E-state index < -0.39 is 59.6 Å². The average molecular weight is 672 g/mol. The van der Waals surface area contributed by atoms with E-state index in [-0.39, 0.29) is 30.1 Å². The number of aryl methyl sites for hydroxylation is 3. The molecule has 1 aliphatic rings. The normalized spacial score (nSPS) is 16.3. The van der Waals surface area contributed by atoms with Gasteiger partial charge in [-0.3, -0.25) is 14.4 Å². The minimum Gasteiger partial charge on any atom is -0.466 e. The minimum atomic E-state index is -1.21. The number of benzene rings is 2. The molecule has 0 spiro atoms. The highest BCUT2D eigenvalue weighted by Gasteiger charge is 2.30. The van der Waals surface area contributed by atoms with Crippen LogP contribution in [0.3, 0.4) is 0 Å². The Morgan fingerprint density at radius 1 is 1.02 bits per heavy atom. The lowest BCUT2D eigenvalue weighted by molar-refractivity contribution is -0.144. The molecule has 0 aliphatic carbocycles. The summed E-state index contributed by atoms with van der Waals surface area (Å²) in [7, 11) is 0. The number of carbonyl (C=O) groups is 2. The molecule has 1 saturated heterocycles. The highest BCUT2D eigenvalue weighted by molar-refractivity contribution is 5.82. The summed E-state index contributed by atoms with van der Waals surface area (Å²) in [5.74, 6) is -3.57. The Kier molecular flexibility index (Phi) is 12.2. The molecule has 2 heterocycles. The molecule has 4 rings (SSSR count). The predicted molar refractivity (Wildman–Crippen MR) is 177 cm³/mol. The van der Waals surface area contributed by atoms with Crippen LogP contribution in [0.2, 0.25) is 0 Å². The van der Waals surface area contributed by atoms with E-state index >= 15 is 8.78 Å². The number of carbonyl (C=O) groups excluding carboxylic acids is 2. The van der Waals surface area contributed by atoms with E-state index in [1.165, 1.54) is 24.4 Å². The summed E-state index contributed by atoms with van der Waals surface area (Å²) in [4.78, 5) is 42.0. The molecule has 1 aromatic heterocycles. The number of amides is 1. The SMILES string of the molecule is CCOC(=O)C[C@H](NC(=O)C(CC(C)C)n1cc(CCN2CC[C@@H](F)C2)cc(F)c1=O)c1cc(-c2c(C)cc(F)cc2C)cc(C)c1F. The second kappa shape index (κ2) is 15.9. The lowest BCUT2D eigenvalue weighted by atomic mass is 9.90. The average Bonchev–Trinajstić information content (AvgIpc) is 3.42. The maximum Gasteiger partial charge on any atom is 0.308 e. The number of halogens is 4. The van der Waals surface area contributed by atoms with Crippen LogP contribution < -0.4 is 10.9 Å². The molecule has 0 radical (unpaired) electrons. The Balaban J connectivity index is 1.74. The van der Waals surface area contributed by atoms with Crippen molar-refractivity contribution in [2.45, 2.75) is 85.5 Å². The first-order valence-electron chi connectivity index (χ1n) is 16.5. The van der Waals surface area contributed by atoms with Crippen LogP contribution in [0.25, 0.3) is 11.1 Å². The van der Waals surface area contributed by atoms with Crippen LogP contribution in [0.1, 0.15) is 79.9 Å². The molecule has 260 valence electrons. The van der Waals surface area contributed by atoms with Gasteiger partial charge in [0, 0.05) is 31.4 Å². The van der Waals surface area contributed by atoms with E-state index in [1.807, 2.05) is 18.7 Å². The van der Waals surface area contributed by atoms with Crippen molar-refractivity contribution in [3.63, 3.8) is 0 Å². The van der Waals surface area contributed by atoms with Gasteiger partial charge in [0.05, 0.1) is 19.1 Å². The molecule has 1 unspecified atom stereocenters. The molecule has 2 aromatic carbocycles. The lowest BCUT2D eigenvalue weighted by Gasteiger charge is -2.27. The quantitative estimate of drug-likeness (QED) is 0.159. The lowest BCUT2D eigenvalue weighted by Crippen LogP contribution is -2.41. The van der Waals surface area contributed by atoms with E-state index in [4.69, 9.17) is 4.74 Å². The molecule has 1 aliphatic heterocycles. The Bertz CT molecular complexity index is 1680. The number of hydrogen-bond acceptors (Lipinski definition) is 5. The summed E-state index contributed by atoms with van der Waals surface area (Å²) in [5, 5.41) is 2.79. The molecule has 0 saturated carbocycles. The highest BCUT2D eigenvalue weighted by Crippen LogP contribution is 2.34. The maximum atomic E-state index is 15.9. The van der Waals surface area contributed by atoms with E-state index in [0.717, 1.165) is 10.6 Å². The van der Waals surface area contributed by atoms with E-state index in [9.17, 15) is 23.2 Å². The Labute approximate surface area is 279 Å². The van der Waals surface area contributed by atoms with Crippen molar-refractivity contribution >= 4 is 11.9 Å². The van der Waals surface area contributed by atoms with Crippen molar-refractivity contribution < 1.29 is 31.9 Å². The first-order chi connectivity index (χ1) is 22.7. The summed E-state index contributed by atoms with van der Waals surface area (Å²) >= 11 is 0. The number of rotatable bonds is 13. The van der Waals surface area contributed by atoms with Gasteiger partial charge in [-0.2, -0.15) is 0 Å². The summed E-state index contributed by atoms with van der Waals surface area (Å²) in [6, 6.07) is 4.65. The number of ether oxygens (including phenoxy) is 1. The van der Waals surface area contributed by atoms with E-state index in [2.05, 4.69) is 5.32 Å². The fraction of sp³-hybridized carbons (Fsp3) is 0.486. The van der Waals surface area contributed by atoms with Gasteiger partial charge in [0.2, 0.25) is 5.91 Å². The van der Waals surface area contributed by atoms with Gasteiger partial charge in [0.1, 0.15) is 23.8 Å². The zero-order valence-electron chi connectivity index (χ0n) is 28.5. The number of likely N-dealkylation sites (tertiary alicyclic amines) is 1. The monoisotopic (exact) mass is 671 g/mol. The molecule has 1 fully saturated rings. The van der Waals surface area contributed by atoms with Gasteiger partial charge in [-0.1, -0.05) is 13.8 Å². The molecule has 3 aromatic rings. The maximum absolute atomic E-state index is 15.9. The second-order valence-electron chi connectivity index (χ2n) is 13.2. The number of esters is 1. The number of aromatic nitrogens is 1. The van der Waals surface area contributed by atoms with Crippen LogP contribution in [0.5, 0.6) is 0 Å². The standard InChI is InChI=1S/C37H45F4N3O4/c1-7-48-33(45)18-31(29-17-26(13-24(6)35(29)41)34-22(4)14-28(39)15-23(34)5)42-36(46)32(12-21(2)3)44-19-25(16-30(40)37(44)47)8-10-43-11-9-27(38)20-43/h13-17,19,21,27,31-32H,7-12,18,20H2,1-6H3,(H,42,46)/t27-,31+,32?/m1/s1. The number of nitrogens with zero attached hydrogens (tertiary/aromatic N) is 2. The smallest absolute Gasteiger partial charge is 0.308 e. The van der Waals surface area contributed by atoms with Crippen LogP contribution in [-0.4, -0.2) is 53.8 Å². The number of pyridine rings is 1. The molecule has 1 amide bonds. The Morgan fingerprint density at radius 2 is 1.71 bits per heavy atom. The minimum absolute atomic E-state index is 0.0156. The Hall–Kier alpha value is -3.99. The van der Waals surface area contributed by atoms with E-state index in [0.29, 0.717) is 60.3 Å². The first-order valence-corrected chi connectivity index (χ1v) is 16.5. The molecular weight excluding hydrogens is 626 g/mol. The molecule has 48 heavy (non-hydrogen) atoms. The van der Waals surface area contributed by atoms with Crippen LogP contribution in [0.15, 0.2) is 41.3 Å². The van der Waals surface area contributed by atoms with Gasteiger partial charge in [-0.05, 0) is 117 Å². The molecule has 11 heteroatoms. The third-order valence-corrected chi connectivity index (χ3v) is 8.76. The third-order valence-electron chi connectivity index (χ3n) is 8.76. The zero-order chi connectivity index (χ0) is 35.3. The van der Waals surface area contributed by atoms with Crippen molar-refractivity contribution in [1.29, 1.82) is 0 Å². The molecule has 0 bridgehead atoms. The summed E-state index contributed by atoms with van der Waals surface area (Å²) in [6.07, 6.45) is 1.05. The van der Waals surface area contributed by atoms with Crippen LogP contribution >= 0.6 is 0 Å². The van der Waals surface area contributed by atoms with Gasteiger partial charge in [0.25, 0.3) is 5.56 Å². The molecule has 7 nitrogen and oxygen atoms in total. The summed E-state index contributed by atoms with van der Waals surface area (Å²) in [6.45, 7) is 11.8. The fourth-order valence-electron chi connectivity index (χ4n) is 6.51. The molecule has 1 N–H and O–H groups in total. The van der Waals surface area contributed by atoms with Crippen molar-refractivity contribution in [1.82, 2.24) is 14.8 Å². The molecule has 3 atom stereocenters. The topological polar surface area (TPSA) is 80.6 Å². The summed E-state index contributed by atoms with van der Waals surface area (Å²) < 4.78 is 65.1. The van der Waals surface area contributed by atoms with Gasteiger partial charge in [-0.25, -0.2) is 17.6 Å². The van der Waals surface area contributed by atoms with Gasteiger partial charge in [-0.15, -0.1) is 0 Å². The van der Waals surface area contributed by atoms with Crippen LogP contribution in [0, 0.1) is 44.1 Å². The van der Waals surface area contributed by atoms with E-state index in [1.54, 1.807) is 33.8 Å². The van der Waals surface area contributed by atoms with Gasteiger partial charge in [0.15, 0.2) is 5.82 Å². The van der Waals surface area contributed by atoms with Crippen molar-refractivity contribution in [2.75, 3.05) is 26.2 Å². The van der Waals surface area contributed by atoms with Crippen molar-refractivity contribution in [3.8, 4) is 11.1 Å². The zero-order valence-corrected chi connectivity index (χ0v) is 28.5. The largest absolute Gasteiger partial charge is 0.466 e. The van der Waals surface area contributed by atoms with Crippen LogP contribution in [0.4, 0.5) is 17.6 Å². The Morgan fingerprint density at radius 3 is 2.31 bits per heavy atom. The van der Waals surface area contributed by atoms with Gasteiger partial charge < -0.3 is 19.5 Å². The fourth-order valence-corrected chi connectivity index (χ4v) is 6.51. The third kappa shape index (κ3) is 8.92. The number of nitrogens with one attached hydrogen (secondary N) is 1. The number of alkyl halides is 1. The van der Waals surface area contributed by atoms with Crippen molar-refractivity contribution in [3.05, 3.63) is 92.2 Å². The van der Waals surface area contributed by atoms with Gasteiger partial charge >= 0.3 is 5.97 Å². The first kappa shape index (κ1) is 36.8.